The molecule has 0 amide bonds. The zero-order valence-corrected chi connectivity index (χ0v) is 12.8. The van der Waals surface area contributed by atoms with E-state index in [0.717, 1.165) is 13.1 Å². The fourth-order valence-corrected chi connectivity index (χ4v) is 1.97. The van der Waals surface area contributed by atoms with Gasteiger partial charge in [-0.15, -0.1) is 0 Å². The molecule has 1 aromatic carbocycles. The number of unbranched alkanes of at least 4 members (excludes halogenated alkanes) is 1. The third kappa shape index (κ3) is 5.46. The minimum atomic E-state index is -0.229. The molecule has 0 spiro atoms. The Morgan fingerprint density at radius 2 is 1.74 bits per heavy atom. The summed E-state index contributed by atoms with van der Waals surface area (Å²) in [5.74, 6) is 0.338. The zero-order valence-electron chi connectivity index (χ0n) is 12.8. The van der Waals surface area contributed by atoms with Crippen LogP contribution in [0.5, 0.6) is 0 Å². The summed E-state index contributed by atoms with van der Waals surface area (Å²) in [5.41, 5.74) is 0.991. The van der Waals surface area contributed by atoms with Crippen molar-refractivity contribution in [3.05, 3.63) is 30.3 Å². The lowest BCUT2D eigenvalue weighted by atomic mass is 9.89. The first kappa shape index (κ1) is 15.7. The van der Waals surface area contributed by atoms with Gasteiger partial charge in [0.05, 0.1) is 0 Å². The minimum absolute atomic E-state index is 0.229. The van der Waals surface area contributed by atoms with E-state index in [1.54, 1.807) is 0 Å². The van der Waals surface area contributed by atoms with Crippen LogP contribution >= 0.6 is 0 Å². The van der Waals surface area contributed by atoms with Crippen LogP contribution in [0.15, 0.2) is 30.3 Å². The Morgan fingerprint density at radius 3 is 2.26 bits per heavy atom. The highest BCUT2D eigenvalue weighted by atomic mass is 16.1. The Bertz CT molecular complexity index is 378. The van der Waals surface area contributed by atoms with Gasteiger partial charge in [-0.3, -0.25) is 4.79 Å². The molecule has 0 aliphatic heterocycles. The van der Waals surface area contributed by atoms with E-state index < -0.39 is 0 Å². The Balaban J connectivity index is 2.63. The topological polar surface area (TPSA) is 20.3 Å². The Hall–Kier alpha value is -1.31. The molecule has 2 nitrogen and oxygen atoms in total. The van der Waals surface area contributed by atoms with Crippen molar-refractivity contribution in [2.75, 3.05) is 18.0 Å². The number of anilines is 1. The molecule has 1 rings (SSSR count). The number of nitrogens with zero attached hydrogens (tertiary/aromatic N) is 1. The maximum absolute atomic E-state index is 12.0. The van der Waals surface area contributed by atoms with Gasteiger partial charge in [-0.05, 0) is 18.6 Å². The molecule has 0 aromatic heterocycles. The van der Waals surface area contributed by atoms with Gasteiger partial charge in [0.1, 0.15) is 5.78 Å². The number of Topliss-reactive ketones (excluding diaryl/α,β-unsaturated/α-hetero) is 1. The van der Waals surface area contributed by atoms with Crippen molar-refractivity contribution < 1.29 is 4.79 Å². The van der Waals surface area contributed by atoms with Crippen molar-refractivity contribution in [3.8, 4) is 0 Å². The number of ketones is 1. The van der Waals surface area contributed by atoms with E-state index in [4.69, 9.17) is 0 Å². The largest absolute Gasteiger partial charge is 0.371 e. The summed E-state index contributed by atoms with van der Waals surface area (Å²) in [6.45, 7) is 10.0. The molecule has 0 unspecified atom stereocenters. The Labute approximate surface area is 117 Å². The van der Waals surface area contributed by atoms with Crippen LogP contribution in [0.1, 0.15) is 47.0 Å². The second-order valence-corrected chi connectivity index (χ2v) is 6.10. The van der Waals surface area contributed by atoms with Crippen LogP contribution in [-0.4, -0.2) is 18.9 Å². The number of hydrogen-bond donors (Lipinski definition) is 0. The second kappa shape index (κ2) is 7.32. The summed E-state index contributed by atoms with van der Waals surface area (Å²) >= 11 is 0. The first-order valence-corrected chi connectivity index (χ1v) is 7.28. The highest BCUT2D eigenvalue weighted by molar-refractivity contribution is 5.84. The molecule has 0 saturated carbocycles. The van der Waals surface area contributed by atoms with Gasteiger partial charge >= 0.3 is 0 Å². The highest BCUT2D eigenvalue weighted by Gasteiger charge is 2.21. The summed E-state index contributed by atoms with van der Waals surface area (Å²) in [4.78, 5) is 14.4. The van der Waals surface area contributed by atoms with Crippen LogP contribution in [0.25, 0.3) is 0 Å². The number of rotatable bonds is 7. The van der Waals surface area contributed by atoms with Crippen molar-refractivity contribution in [2.24, 2.45) is 5.41 Å². The van der Waals surface area contributed by atoms with Gasteiger partial charge in [-0.1, -0.05) is 52.3 Å². The molecule has 0 aliphatic carbocycles. The number of carbonyl (C=O) groups is 1. The van der Waals surface area contributed by atoms with E-state index in [1.165, 1.54) is 18.5 Å². The summed E-state index contributed by atoms with van der Waals surface area (Å²) in [5, 5.41) is 0. The molecular weight excluding hydrogens is 234 g/mol. The zero-order chi connectivity index (χ0) is 14.3. The summed E-state index contributed by atoms with van der Waals surface area (Å²) in [6.07, 6.45) is 2.97. The van der Waals surface area contributed by atoms with Crippen molar-refractivity contribution in [1.29, 1.82) is 0 Å². The molecule has 1 aromatic rings. The number of benzene rings is 1. The van der Waals surface area contributed by atoms with E-state index in [9.17, 15) is 4.79 Å². The van der Waals surface area contributed by atoms with Crippen molar-refractivity contribution in [2.45, 2.75) is 47.0 Å². The van der Waals surface area contributed by atoms with Crippen molar-refractivity contribution >= 4 is 11.5 Å². The highest BCUT2D eigenvalue weighted by Crippen LogP contribution is 2.19. The third-order valence-corrected chi connectivity index (χ3v) is 3.35. The summed E-state index contributed by atoms with van der Waals surface area (Å²) in [6, 6.07) is 10.4. The molecule has 0 atom stereocenters. The average Bonchev–Trinajstić information content (AvgIpc) is 2.38. The van der Waals surface area contributed by atoms with Crippen LogP contribution in [-0.2, 0) is 4.79 Å². The molecular formula is C17H27NO. The molecule has 0 radical (unpaired) electrons. The second-order valence-electron chi connectivity index (χ2n) is 6.10. The lowest BCUT2D eigenvalue weighted by Gasteiger charge is -2.26. The normalized spacial score (nSPS) is 11.4. The van der Waals surface area contributed by atoms with Gasteiger partial charge in [0.2, 0.25) is 0 Å². The lowest BCUT2D eigenvalue weighted by molar-refractivity contribution is -0.126. The maximum Gasteiger partial charge on any atom is 0.139 e. The van der Waals surface area contributed by atoms with E-state index in [-0.39, 0.29) is 5.41 Å². The molecule has 0 aliphatic rings. The fourth-order valence-electron chi connectivity index (χ4n) is 1.97. The third-order valence-electron chi connectivity index (χ3n) is 3.35. The van der Waals surface area contributed by atoms with Gasteiger partial charge in [0, 0.05) is 30.6 Å². The predicted octanol–water partition coefficient (Wildman–Crippen LogP) is 4.30. The fraction of sp³-hybridized carbons (Fsp3) is 0.588. The van der Waals surface area contributed by atoms with Crippen LogP contribution in [0.4, 0.5) is 5.69 Å². The number of para-hydroxylation sites is 1. The first-order chi connectivity index (χ1) is 8.95. The Kier molecular flexibility index (Phi) is 6.07. The van der Waals surface area contributed by atoms with Crippen molar-refractivity contribution in [3.63, 3.8) is 0 Å². The van der Waals surface area contributed by atoms with Crippen LogP contribution < -0.4 is 4.90 Å². The molecule has 0 saturated heterocycles. The molecule has 0 N–H and O–H groups in total. The monoisotopic (exact) mass is 261 g/mol. The molecule has 19 heavy (non-hydrogen) atoms. The lowest BCUT2D eigenvalue weighted by Crippen LogP contribution is -2.30. The van der Waals surface area contributed by atoms with Crippen LogP contribution in [0.2, 0.25) is 0 Å². The van der Waals surface area contributed by atoms with Gasteiger partial charge in [0.15, 0.2) is 0 Å². The van der Waals surface area contributed by atoms with Gasteiger partial charge in [-0.2, -0.15) is 0 Å². The summed E-state index contributed by atoms with van der Waals surface area (Å²) < 4.78 is 0. The predicted molar refractivity (Wildman–Crippen MR) is 82.6 cm³/mol. The quantitative estimate of drug-likeness (QED) is 0.729. The molecule has 0 fully saturated rings. The van der Waals surface area contributed by atoms with Gasteiger partial charge < -0.3 is 4.90 Å². The number of carbonyl (C=O) groups excluding carboxylic acids is 1. The van der Waals surface area contributed by atoms with Gasteiger partial charge in [-0.25, -0.2) is 0 Å². The van der Waals surface area contributed by atoms with E-state index >= 15 is 0 Å². The molecule has 106 valence electrons. The van der Waals surface area contributed by atoms with E-state index in [0.29, 0.717) is 12.2 Å². The summed E-state index contributed by atoms with van der Waals surface area (Å²) in [7, 11) is 0. The molecule has 0 heterocycles. The maximum atomic E-state index is 12.0. The smallest absolute Gasteiger partial charge is 0.139 e. The average molecular weight is 261 g/mol. The molecule has 2 heteroatoms. The van der Waals surface area contributed by atoms with E-state index in [2.05, 4.69) is 36.1 Å². The number of hydrogen-bond acceptors (Lipinski definition) is 2. The van der Waals surface area contributed by atoms with Crippen LogP contribution in [0.3, 0.4) is 0 Å². The molecule has 0 bridgehead atoms. The SMILES string of the molecule is CCCCN(CCC(=O)C(C)(C)C)c1ccccc1. The van der Waals surface area contributed by atoms with Crippen LogP contribution in [0, 0.1) is 5.41 Å². The standard InChI is InChI=1S/C17H27NO/c1-5-6-13-18(15-10-8-7-9-11-15)14-12-16(19)17(2,3)4/h7-11H,5-6,12-14H2,1-4H3. The van der Waals surface area contributed by atoms with E-state index in [1.807, 2.05) is 26.8 Å². The Morgan fingerprint density at radius 1 is 1.11 bits per heavy atom. The van der Waals surface area contributed by atoms with Gasteiger partial charge in [0.25, 0.3) is 0 Å². The van der Waals surface area contributed by atoms with Crippen molar-refractivity contribution in [1.82, 2.24) is 0 Å². The first-order valence-electron chi connectivity index (χ1n) is 7.28. The minimum Gasteiger partial charge on any atom is -0.371 e.